The van der Waals surface area contributed by atoms with Crippen molar-refractivity contribution in [2.45, 2.75) is 0 Å². The van der Waals surface area contributed by atoms with E-state index in [1.54, 1.807) is 66.1 Å². The Morgan fingerprint density at radius 3 is 2.00 bits per heavy atom. The van der Waals surface area contributed by atoms with Crippen molar-refractivity contribution in [3.8, 4) is 0 Å². The molecule has 0 saturated heterocycles. The molecular weight excluding hydrogens is 317 g/mol. The SMILES string of the molecule is COSSSSSSSSS. The minimum atomic E-state index is 1.38. The number of thiol groups is 1. The van der Waals surface area contributed by atoms with E-state index in [4.69, 9.17) is 4.18 Å². The summed E-state index contributed by atoms with van der Waals surface area (Å²) in [7, 11) is 13.3. The summed E-state index contributed by atoms with van der Waals surface area (Å²) in [5, 5.41) is 0. The van der Waals surface area contributed by atoms with Gasteiger partial charge in [-0.15, -0.1) is 0 Å². The van der Waals surface area contributed by atoms with Gasteiger partial charge < -0.3 is 4.18 Å². The Kier molecular flexibility index (Phi) is 16.8. The molecule has 0 unspecified atom stereocenters. The summed E-state index contributed by atoms with van der Waals surface area (Å²) in [4.78, 5) is 0. The maximum absolute atomic E-state index is 4.78. The molecule has 0 spiro atoms. The average Bonchev–Trinajstić information content (AvgIpc) is 2.03. The summed E-state index contributed by atoms with van der Waals surface area (Å²) in [5.74, 6) is 0. The number of rotatable bonds is 8. The largest absolute Gasteiger partial charge is 0.308 e. The first-order chi connectivity index (χ1) is 5.41. The first-order valence-corrected chi connectivity index (χ1v) is 13.1. The lowest BCUT2D eigenvalue weighted by Crippen LogP contribution is -1.51. The van der Waals surface area contributed by atoms with Crippen LogP contribution in [0, 0.1) is 0 Å². The molecule has 0 aromatic heterocycles. The summed E-state index contributed by atoms with van der Waals surface area (Å²) < 4.78 is 4.78. The van der Waals surface area contributed by atoms with Crippen LogP contribution in [0.1, 0.15) is 0 Å². The second-order valence-corrected chi connectivity index (χ2v) is 14.1. The second kappa shape index (κ2) is 13.1. The van der Waals surface area contributed by atoms with Gasteiger partial charge in [-0.05, 0) is 29.5 Å². The molecule has 0 aliphatic heterocycles. The van der Waals surface area contributed by atoms with Crippen LogP contribution in [0.4, 0.5) is 0 Å². The van der Waals surface area contributed by atoms with E-state index in [0.717, 1.165) is 0 Å². The zero-order valence-electron chi connectivity index (χ0n) is 5.12. The fraction of sp³-hybridized carbons (Fsp3) is 1.00. The van der Waals surface area contributed by atoms with E-state index in [-0.39, 0.29) is 0 Å². The quantitative estimate of drug-likeness (QED) is 0.260. The molecule has 0 aromatic rings. The molecule has 1 nitrogen and oxygen atoms in total. The summed E-state index contributed by atoms with van der Waals surface area (Å²) in [6, 6.07) is 0. The Bertz CT molecular complexity index is 58.6. The predicted molar refractivity (Wildman–Crippen MR) is 76.7 cm³/mol. The molecule has 10 heteroatoms. The first-order valence-electron chi connectivity index (χ1n) is 1.92. The molecule has 0 amide bonds. The lowest BCUT2D eigenvalue weighted by atomic mass is 11.8. The molecule has 0 radical (unpaired) electrons. The van der Waals surface area contributed by atoms with Crippen LogP contribution in [0.3, 0.4) is 0 Å². The van der Waals surface area contributed by atoms with Crippen LogP contribution < -0.4 is 0 Å². The molecular formula is CH4OS9. The van der Waals surface area contributed by atoms with Crippen LogP contribution in [0.5, 0.6) is 0 Å². The third-order valence-corrected chi connectivity index (χ3v) is 15.1. The lowest BCUT2D eigenvalue weighted by Gasteiger charge is -1.94. The third kappa shape index (κ3) is 13.1. The van der Waals surface area contributed by atoms with Crippen molar-refractivity contribution in [1.29, 1.82) is 0 Å². The van der Waals surface area contributed by atoms with Gasteiger partial charge in [-0.3, -0.25) is 0 Å². The van der Waals surface area contributed by atoms with Crippen LogP contribution in [0.15, 0.2) is 0 Å². The fourth-order valence-electron chi connectivity index (χ4n) is 0.0969. The molecule has 0 fully saturated rings. The van der Waals surface area contributed by atoms with Crippen molar-refractivity contribution in [3.05, 3.63) is 0 Å². The third-order valence-electron chi connectivity index (χ3n) is 0.265. The summed E-state index contributed by atoms with van der Waals surface area (Å²) in [6.45, 7) is 0. The Morgan fingerprint density at radius 2 is 1.45 bits per heavy atom. The molecule has 0 heterocycles. The summed E-state index contributed by atoms with van der Waals surface area (Å²) >= 11 is 5.36. The molecule has 0 aliphatic rings. The molecule has 11 heavy (non-hydrogen) atoms. The highest BCUT2D eigenvalue weighted by Gasteiger charge is 1.94. The van der Waals surface area contributed by atoms with Crippen molar-refractivity contribution >= 4 is 91.5 Å². The standard InChI is InChI=1S/CH4OS9/c1-2-4-6-8-10-11-9-7-5-3/h3H,1H3. The molecule has 0 N–H and O–H groups in total. The predicted octanol–water partition coefficient (Wildman–Crippen LogP) is 5.66. The van der Waals surface area contributed by atoms with E-state index in [1.165, 1.54) is 20.9 Å². The van der Waals surface area contributed by atoms with Gasteiger partial charge in [-0.1, -0.05) is 11.7 Å². The monoisotopic (exact) mass is 320 g/mol. The zero-order valence-corrected chi connectivity index (χ0v) is 12.5. The Morgan fingerprint density at radius 1 is 0.909 bits per heavy atom. The number of hydrogen-bond donors (Lipinski definition) is 1. The van der Waals surface area contributed by atoms with Gasteiger partial charge in [0.15, 0.2) is 0 Å². The van der Waals surface area contributed by atoms with E-state index in [0.29, 0.717) is 0 Å². The van der Waals surface area contributed by atoms with Crippen molar-refractivity contribution in [3.63, 3.8) is 0 Å². The fourth-order valence-corrected chi connectivity index (χ4v) is 15.7. The van der Waals surface area contributed by atoms with Crippen LogP contribution in [-0.2, 0) is 4.18 Å². The molecule has 0 bridgehead atoms. The van der Waals surface area contributed by atoms with E-state index in [1.807, 2.05) is 0 Å². The molecule has 0 saturated carbocycles. The Labute approximate surface area is 101 Å². The van der Waals surface area contributed by atoms with E-state index in [9.17, 15) is 0 Å². The minimum absolute atomic E-state index is 1.38. The normalized spacial score (nSPS) is 10.4. The van der Waals surface area contributed by atoms with Gasteiger partial charge >= 0.3 is 0 Å². The smallest absolute Gasteiger partial charge is 0.0746 e. The molecule has 0 aliphatic carbocycles. The molecule has 68 valence electrons. The average molecular weight is 321 g/mol. The minimum Gasteiger partial charge on any atom is -0.308 e. The van der Waals surface area contributed by atoms with Gasteiger partial charge in [-0.25, -0.2) is 0 Å². The first kappa shape index (κ1) is 14.1. The van der Waals surface area contributed by atoms with Crippen LogP contribution in [0.25, 0.3) is 0 Å². The Hall–Kier alpha value is 3.11. The van der Waals surface area contributed by atoms with Gasteiger partial charge in [0.1, 0.15) is 0 Å². The summed E-state index contributed by atoms with van der Waals surface area (Å²) in [6.07, 6.45) is 0. The zero-order chi connectivity index (χ0) is 8.36. The summed E-state index contributed by atoms with van der Waals surface area (Å²) in [5.41, 5.74) is 0. The van der Waals surface area contributed by atoms with Crippen molar-refractivity contribution < 1.29 is 4.18 Å². The Balaban J connectivity index is 2.69. The van der Waals surface area contributed by atoms with Gasteiger partial charge in [0.05, 0.1) is 18.2 Å². The molecule has 0 aromatic carbocycles. The highest BCUT2D eigenvalue weighted by atomic mass is 34.0. The van der Waals surface area contributed by atoms with E-state index >= 15 is 0 Å². The van der Waals surface area contributed by atoms with Gasteiger partial charge in [0.2, 0.25) is 0 Å². The van der Waals surface area contributed by atoms with Gasteiger partial charge in [0, 0.05) is 39.3 Å². The van der Waals surface area contributed by atoms with Crippen LogP contribution >= 0.6 is 91.5 Å². The maximum atomic E-state index is 4.78. The van der Waals surface area contributed by atoms with E-state index < -0.39 is 0 Å². The van der Waals surface area contributed by atoms with Crippen molar-refractivity contribution in [1.82, 2.24) is 0 Å². The lowest BCUT2D eigenvalue weighted by molar-refractivity contribution is 0.498. The molecule has 0 rings (SSSR count). The van der Waals surface area contributed by atoms with Crippen LogP contribution in [0.2, 0.25) is 0 Å². The maximum Gasteiger partial charge on any atom is 0.0746 e. The van der Waals surface area contributed by atoms with Crippen LogP contribution in [-0.4, -0.2) is 7.11 Å². The second-order valence-electron chi connectivity index (χ2n) is 0.717. The topological polar surface area (TPSA) is 9.23 Å². The highest BCUT2D eigenvalue weighted by Crippen LogP contribution is 2.57. The van der Waals surface area contributed by atoms with E-state index in [2.05, 4.69) is 11.7 Å². The molecule has 0 atom stereocenters. The van der Waals surface area contributed by atoms with Crippen molar-refractivity contribution in [2.75, 3.05) is 7.11 Å². The van der Waals surface area contributed by atoms with Gasteiger partial charge in [0.25, 0.3) is 0 Å². The van der Waals surface area contributed by atoms with Crippen molar-refractivity contribution in [2.24, 2.45) is 0 Å². The van der Waals surface area contributed by atoms with Gasteiger partial charge in [-0.2, -0.15) is 0 Å². The highest BCUT2D eigenvalue weighted by molar-refractivity contribution is 9.50. The number of hydrogen-bond acceptors (Lipinski definition) is 10.